The summed E-state index contributed by atoms with van der Waals surface area (Å²) in [6.07, 6.45) is 5.34. The third kappa shape index (κ3) is 1.92. The number of hydrogen-bond donors (Lipinski definition) is 1. The van der Waals surface area contributed by atoms with E-state index >= 15 is 0 Å². The van der Waals surface area contributed by atoms with Crippen LogP contribution in [0.15, 0.2) is 18.3 Å². The molecule has 0 spiro atoms. The monoisotopic (exact) mass is 162 g/mol. The first-order valence-electron chi connectivity index (χ1n) is 3.58. The molecule has 1 rings (SSSR count). The third-order valence-electron chi connectivity index (χ3n) is 1.52. The van der Waals surface area contributed by atoms with Gasteiger partial charge in [0.15, 0.2) is 0 Å². The number of aromatic nitrogens is 1. The molecule has 0 aliphatic rings. The Kier molecular flexibility index (Phi) is 2.58. The van der Waals surface area contributed by atoms with Gasteiger partial charge in [-0.15, -0.1) is 0 Å². The number of carbonyl (C=O) groups excluding carboxylic acids is 1. The van der Waals surface area contributed by atoms with E-state index in [1.54, 1.807) is 12.3 Å². The van der Waals surface area contributed by atoms with E-state index in [1.165, 1.54) is 6.08 Å². The molecule has 0 atom stereocenters. The number of rotatable bonds is 2. The molecule has 1 aromatic rings. The zero-order valence-corrected chi connectivity index (χ0v) is 6.82. The molecule has 0 aromatic carbocycles. The predicted molar refractivity (Wildman–Crippen MR) is 48.5 cm³/mol. The normalized spacial score (nSPS) is 10.4. The van der Waals surface area contributed by atoms with E-state index in [-0.39, 0.29) is 0 Å². The fourth-order valence-corrected chi connectivity index (χ4v) is 0.817. The second kappa shape index (κ2) is 3.67. The quantitative estimate of drug-likeness (QED) is 0.524. The zero-order chi connectivity index (χ0) is 8.97. The fourth-order valence-electron chi connectivity index (χ4n) is 0.817. The molecule has 0 bridgehead atoms. The summed E-state index contributed by atoms with van der Waals surface area (Å²) in [4.78, 5) is 14.0. The molecule has 0 saturated carbocycles. The van der Waals surface area contributed by atoms with Crippen LogP contribution < -0.4 is 5.73 Å². The molecule has 0 radical (unpaired) electrons. The summed E-state index contributed by atoms with van der Waals surface area (Å²) in [6, 6.07) is 1.83. The van der Waals surface area contributed by atoms with Gasteiger partial charge in [0.2, 0.25) is 0 Å². The number of allylic oxidation sites excluding steroid dienone is 1. The van der Waals surface area contributed by atoms with Crippen molar-refractivity contribution in [2.24, 2.45) is 0 Å². The molecule has 1 heterocycles. The summed E-state index contributed by atoms with van der Waals surface area (Å²) in [6.45, 7) is 1.90. The molecular weight excluding hydrogens is 152 g/mol. The van der Waals surface area contributed by atoms with Crippen molar-refractivity contribution in [2.75, 3.05) is 5.73 Å². The molecule has 0 aliphatic heterocycles. The summed E-state index contributed by atoms with van der Waals surface area (Å²) < 4.78 is 0. The second-order valence-electron chi connectivity index (χ2n) is 2.46. The summed E-state index contributed by atoms with van der Waals surface area (Å²) in [5.74, 6) is 0. The summed E-state index contributed by atoms with van der Waals surface area (Å²) in [7, 11) is 0. The van der Waals surface area contributed by atoms with Crippen molar-refractivity contribution in [1.82, 2.24) is 4.98 Å². The van der Waals surface area contributed by atoms with Crippen LogP contribution in [-0.2, 0) is 4.79 Å². The third-order valence-corrected chi connectivity index (χ3v) is 1.52. The molecule has 1 aromatic heterocycles. The summed E-state index contributed by atoms with van der Waals surface area (Å²) >= 11 is 0. The Morgan fingerprint density at radius 3 is 2.92 bits per heavy atom. The first-order chi connectivity index (χ1) is 5.74. The van der Waals surface area contributed by atoms with Crippen molar-refractivity contribution in [3.8, 4) is 0 Å². The molecule has 0 fully saturated rings. The molecule has 0 amide bonds. The molecule has 0 unspecified atom stereocenters. The summed E-state index contributed by atoms with van der Waals surface area (Å²) in [5, 5.41) is 0. The van der Waals surface area contributed by atoms with Crippen molar-refractivity contribution >= 4 is 18.0 Å². The number of aryl methyl sites for hydroxylation is 1. The van der Waals surface area contributed by atoms with E-state index in [0.717, 1.165) is 11.3 Å². The minimum absolute atomic E-state index is 0.665. The fraction of sp³-hybridized carbons (Fsp3) is 0.111. The average Bonchev–Trinajstić information content (AvgIpc) is 2.07. The molecule has 2 N–H and O–H groups in total. The molecule has 0 saturated heterocycles. The number of nitrogen functional groups attached to an aromatic ring is 1. The van der Waals surface area contributed by atoms with Crippen molar-refractivity contribution in [3.63, 3.8) is 0 Å². The van der Waals surface area contributed by atoms with Crippen molar-refractivity contribution < 1.29 is 4.79 Å². The Labute approximate surface area is 70.9 Å². The van der Waals surface area contributed by atoms with E-state index in [9.17, 15) is 4.79 Å². The number of anilines is 1. The highest BCUT2D eigenvalue weighted by molar-refractivity contribution is 5.73. The molecule has 3 heteroatoms. The van der Waals surface area contributed by atoms with Crippen LogP contribution in [0.25, 0.3) is 6.08 Å². The maximum Gasteiger partial charge on any atom is 0.142 e. The Balaban J connectivity index is 2.96. The molecular formula is C9H10N2O. The van der Waals surface area contributed by atoms with Gasteiger partial charge in [0.05, 0.1) is 17.6 Å². The van der Waals surface area contributed by atoms with Gasteiger partial charge in [-0.2, -0.15) is 0 Å². The van der Waals surface area contributed by atoms with Gasteiger partial charge in [0.1, 0.15) is 6.29 Å². The number of aldehydes is 1. The smallest absolute Gasteiger partial charge is 0.142 e. The van der Waals surface area contributed by atoms with Gasteiger partial charge in [-0.1, -0.05) is 0 Å². The van der Waals surface area contributed by atoms with Crippen LogP contribution >= 0.6 is 0 Å². The highest BCUT2D eigenvalue weighted by Crippen LogP contribution is 2.09. The Bertz CT molecular complexity index is 318. The highest BCUT2D eigenvalue weighted by atomic mass is 16.1. The highest BCUT2D eigenvalue weighted by Gasteiger charge is 1.93. The van der Waals surface area contributed by atoms with Gasteiger partial charge in [-0.3, -0.25) is 9.78 Å². The number of pyridine rings is 1. The lowest BCUT2D eigenvalue weighted by atomic mass is 10.2. The minimum Gasteiger partial charge on any atom is -0.397 e. The van der Waals surface area contributed by atoms with E-state index < -0.39 is 0 Å². The first kappa shape index (κ1) is 8.46. The van der Waals surface area contributed by atoms with Gasteiger partial charge in [-0.25, -0.2) is 0 Å². The topological polar surface area (TPSA) is 56.0 Å². The van der Waals surface area contributed by atoms with Crippen molar-refractivity contribution in [3.05, 3.63) is 29.6 Å². The number of hydrogen-bond acceptors (Lipinski definition) is 3. The van der Waals surface area contributed by atoms with Crippen molar-refractivity contribution in [1.29, 1.82) is 0 Å². The van der Waals surface area contributed by atoms with Gasteiger partial charge in [-0.05, 0) is 30.7 Å². The van der Waals surface area contributed by atoms with Crippen LogP contribution in [0.1, 0.15) is 11.3 Å². The van der Waals surface area contributed by atoms with E-state index in [0.29, 0.717) is 12.0 Å². The van der Waals surface area contributed by atoms with Crippen LogP contribution in [0.3, 0.4) is 0 Å². The number of nitrogens with two attached hydrogens (primary N) is 1. The Morgan fingerprint density at radius 2 is 2.33 bits per heavy atom. The maximum atomic E-state index is 9.99. The second-order valence-corrected chi connectivity index (χ2v) is 2.46. The van der Waals surface area contributed by atoms with Crippen LogP contribution in [-0.4, -0.2) is 11.3 Å². The predicted octanol–water partition coefficient (Wildman–Crippen LogP) is 1.18. The van der Waals surface area contributed by atoms with E-state index in [1.807, 2.05) is 13.0 Å². The van der Waals surface area contributed by atoms with Crippen LogP contribution in [0, 0.1) is 6.92 Å². The number of nitrogens with zero attached hydrogens (tertiary/aromatic N) is 1. The lowest BCUT2D eigenvalue weighted by Gasteiger charge is -1.98. The lowest BCUT2D eigenvalue weighted by Crippen LogP contribution is -1.92. The van der Waals surface area contributed by atoms with Gasteiger partial charge in [0.25, 0.3) is 0 Å². The molecule has 3 nitrogen and oxygen atoms in total. The first-order valence-corrected chi connectivity index (χ1v) is 3.58. The minimum atomic E-state index is 0.665. The van der Waals surface area contributed by atoms with E-state index in [2.05, 4.69) is 4.98 Å². The van der Waals surface area contributed by atoms with Crippen LogP contribution in [0.5, 0.6) is 0 Å². The van der Waals surface area contributed by atoms with Gasteiger partial charge < -0.3 is 5.73 Å². The van der Waals surface area contributed by atoms with Gasteiger partial charge >= 0.3 is 0 Å². The van der Waals surface area contributed by atoms with Crippen LogP contribution in [0.2, 0.25) is 0 Å². The average molecular weight is 162 g/mol. The maximum absolute atomic E-state index is 9.99. The largest absolute Gasteiger partial charge is 0.397 e. The number of carbonyl (C=O) groups is 1. The molecule has 0 aliphatic carbocycles. The molecule has 62 valence electrons. The lowest BCUT2D eigenvalue weighted by molar-refractivity contribution is -0.104. The SMILES string of the molecule is Cc1cc(C=CC=O)ncc1N. The standard InChI is InChI=1S/C9H10N2O/c1-7-5-8(3-2-4-12)11-6-9(7)10/h2-6H,10H2,1H3. The van der Waals surface area contributed by atoms with Crippen LogP contribution in [0.4, 0.5) is 5.69 Å². The Morgan fingerprint density at radius 1 is 1.58 bits per heavy atom. The molecule has 12 heavy (non-hydrogen) atoms. The zero-order valence-electron chi connectivity index (χ0n) is 6.82. The summed E-state index contributed by atoms with van der Waals surface area (Å²) in [5.41, 5.74) is 7.94. The van der Waals surface area contributed by atoms with Crippen molar-refractivity contribution in [2.45, 2.75) is 6.92 Å². The Hall–Kier alpha value is -1.64. The van der Waals surface area contributed by atoms with Gasteiger partial charge in [0, 0.05) is 0 Å². The van der Waals surface area contributed by atoms with E-state index in [4.69, 9.17) is 5.73 Å².